The molecular formula is C20H23FN2. The van der Waals surface area contributed by atoms with Gasteiger partial charge in [0.15, 0.2) is 0 Å². The molecular weight excluding hydrogens is 287 g/mol. The Kier molecular flexibility index (Phi) is 3.92. The molecule has 0 amide bonds. The molecule has 1 N–H and O–H groups in total. The summed E-state index contributed by atoms with van der Waals surface area (Å²) in [7, 11) is 0. The third-order valence-corrected chi connectivity index (χ3v) is 5.41. The van der Waals surface area contributed by atoms with Crippen LogP contribution in [0.1, 0.15) is 22.7 Å². The van der Waals surface area contributed by atoms with Gasteiger partial charge in [0.25, 0.3) is 0 Å². The Labute approximate surface area is 137 Å². The SMILES string of the molecule is Cc1cc(F)ccc1C1NCC2CN(Cc3ccccc3)CC21. The number of hydrogen-bond donors (Lipinski definition) is 1. The van der Waals surface area contributed by atoms with Crippen molar-refractivity contribution in [2.75, 3.05) is 19.6 Å². The second-order valence-corrected chi connectivity index (χ2v) is 6.99. The van der Waals surface area contributed by atoms with Crippen molar-refractivity contribution in [1.82, 2.24) is 10.2 Å². The van der Waals surface area contributed by atoms with E-state index in [9.17, 15) is 4.39 Å². The maximum absolute atomic E-state index is 13.4. The van der Waals surface area contributed by atoms with E-state index in [0.717, 1.165) is 31.7 Å². The molecule has 4 rings (SSSR count). The Hall–Kier alpha value is -1.71. The van der Waals surface area contributed by atoms with Crippen LogP contribution in [0.3, 0.4) is 0 Å². The van der Waals surface area contributed by atoms with E-state index in [4.69, 9.17) is 0 Å². The van der Waals surface area contributed by atoms with Gasteiger partial charge < -0.3 is 5.32 Å². The molecule has 2 heterocycles. The summed E-state index contributed by atoms with van der Waals surface area (Å²) in [5.41, 5.74) is 3.71. The third-order valence-electron chi connectivity index (χ3n) is 5.41. The first-order chi connectivity index (χ1) is 11.2. The van der Waals surface area contributed by atoms with Crippen LogP contribution in [0.15, 0.2) is 48.5 Å². The maximum atomic E-state index is 13.4. The average Bonchev–Trinajstić information content (AvgIpc) is 3.09. The largest absolute Gasteiger partial charge is 0.309 e. The number of likely N-dealkylation sites (tertiary alicyclic amines) is 1. The van der Waals surface area contributed by atoms with Gasteiger partial charge in [0.1, 0.15) is 5.82 Å². The van der Waals surface area contributed by atoms with Crippen molar-refractivity contribution in [2.45, 2.75) is 19.5 Å². The molecule has 0 aliphatic carbocycles. The van der Waals surface area contributed by atoms with Gasteiger partial charge in [-0.3, -0.25) is 4.90 Å². The minimum atomic E-state index is -0.141. The monoisotopic (exact) mass is 310 g/mol. The lowest BCUT2D eigenvalue weighted by Gasteiger charge is -2.23. The summed E-state index contributed by atoms with van der Waals surface area (Å²) in [6, 6.07) is 16.3. The molecule has 2 aliphatic heterocycles. The van der Waals surface area contributed by atoms with Crippen molar-refractivity contribution >= 4 is 0 Å². The van der Waals surface area contributed by atoms with E-state index >= 15 is 0 Å². The van der Waals surface area contributed by atoms with Gasteiger partial charge in [0.05, 0.1) is 0 Å². The molecule has 120 valence electrons. The molecule has 2 aromatic carbocycles. The van der Waals surface area contributed by atoms with Crippen molar-refractivity contribution in [3.63, 3.8) is 0 Å². The highest BCUT2D eigenvalue weighted by molar-refractivity contribution is 5.31. The average molecular weight is 310 g/mol. The second kappa shape index (κ2) is 6.06. The van der Waals surface area contributed by atoms with E-state index in [2.05, 4.69) is 40.5 Å². The highest BCUT2D eigenvalue weighted by Crippen LogP contribution is 2.40. The minimum absolute atomic E-state index is 0.141. The fraction of sp³-hybridized carbons (Fsp3) is 0.400. The van der Waals surface area contributed by atoms with Crippen LogP contribution < -0.4 is 5.32 Å². The summed E-state index contributed by atoms with van der Waals surface area (Å²) in [4.78, 5) is 2.57. The summed E-state index contributed by atoms with van der Waals surface area (Å²) < 4.78 is 13.4. The van der Waals surface area contributed by atoms with Crippen LogP contribution in [-0.4, -0.2) is 24.5 Å². The van der Waals surface area contributed by atoms with Gasteiger partial charge in [-0.2, -0.15) is 0 Å². The zero-order valence-corrected chi connectivity index (χ0v) is 13.5. The first-order valence-corrected chi connectivity index (χ1v) is 8.46. The predicted octanol–water partition coefficient (Wildman–Crippen LogP) is 3.53. The van der Waals surface area contributed by atoms with Crippen molar-refractivity contribution < 1.29 is 4.39 Å². The van der Waals surface area contributed by atoms with Gasteiger partial charge in [0, 0.05) is 32.2 Å². The lowest BCUT2D eigenvalue weighted by atomic mass is 9.88. The van der Waals surface area contributed by atoms with E-state index in [-0.39, 0.29) is 5.82 Å². The molecule has 0 spiro atoms. The topological polar surface area (TPSA) is 15.3 Å². The van der Waals surface area contributed by atoms with Crippen molar-refractivity contribution in [3.8, 4) is 0 Å². The lowest BCUT2D eigenvalue weighted by Crippen LogP contribution is -2.27. The van der Waals surface area contributed by atoms with E-state index < -0.39 is 0 Å². The fourth-order valence-corrected chi connectivity index (χ4v) is 4.31. The molecule has 2 saturated heterocycles. The van der Waals surface area contributed by atoms with E-state index in [1.54, 1.807) is 12.1 Å². The molecule has 23 heavy (non-hydrogen) atoms. The minimum Gasteiger partial charge on any atom is -0.309 e. The van der Waals surface area contributed by atoms with Gasteiger partial charge in [-0.1, -0.05) is 36.4 Å². The second-order valence-electron chi connectivity index (χ2n) is 6.99. The van der Waals surface area contributed by atoms with E-state index in [0.29, 0.717) is 17.9 Å². The normalized spacial score (nSPS) is 27.3. The van der Waals surface area contributed by atoms with Crippen LogP contribution in [0.25, 0.3) is 0 Å². The van der Waals surface area contributed by atoms with Crippen LogP contribution in [0.5, 0.6) is 0 Å². The molecule has 2 aromatic rings. The number of fused-ring (bicyclic) bond motifs is 1. The van der Waals surface area contributed by atoms with Crippen molar-refractivity contribution in [3.05, 3.63) is 71.0 Å². The van der Waals surface area contributed by atoms with Crippen LogP contribution in [0.4, 0.5) is 4.39 Å². The first-order valence-electron chi connectivity index (χ1n) is 8.46. The quantitative estimate of drug-likeness (QED) is 0.933. The number of nitrogens with zero attached hydrogens (tertiary/aromatic N) is 1. The van der Waals surface area contributed by atoms with Crippen LogP contribution in [0, 0.1) is 24.6 Å². The molecule has 3 unspecified atom stereocenters. The smallest absolute Gasteiger partial charge is 0.123 e. The number of halogens is 1. The van der Waals surface area contributed by atoms with Gasteiger partial charge in [-0.15, -0.1) is 0 Å². The zero-order valence-electron chi connectivity index (χ0n) is 13.5. The van der Waals surface area contributed by atoms with Gasteiger partial charge in [-0.25, -0.2) is 4.39 Å². The lowest BCUT2D eigenvalue weighted by molar-refractivity contribution is 0.294. The van der Waals surface area contributed by atoms with Crippen LogP contribution in [0.2, 0.25) is 0 Å². The molecule has 0 aromatic heterocycles. The maximum Gasteiger partial charge on any atom is 0.123 e. The van der Waals surface area contributed by atoms with Crippen molar-refractivity contribution in [2.24, 2.45) is 11.8 Å². The number of nitrogens with one attached hydrogen (secondary N) is 1. The molecule has 0 saturated carbocycles. The number of hydrogen-bond acceptors (Lipinski definition) is 2. The summed E-state index contributed by atoms with van der Waals surface area (Å²) in [5.74, 6) is 1.19. The number of aryl methyl sites for hydroxylation is 1. The third kappa shape index (κ3) is 2.91. The standard InChI is InChI=1S/C20H23FN2/c1-14-9-17(21)7-8-18(14)20-19-13-23(12-16(19)10-22-20)11-15-5-3-2-4-6-15/h2-9,16,19-20,22H,10-13H2,1H3. The summed E-state index contributed by atoms with van der Waals surface area (Å²) in [5, 5.41) is 3.67. The molecule has 2 aliphatic rings. The number of benzene rings is 2. The zero-order chi connectivity index (χ0) is 15.8. The van der Waals surface area contributed by atoms with Crippen LogP contribution >= 0.6 is 0 Å². The Morgan fingerprint density at radius 3 is 2.74 bits per heavy atom. The Morgan fingerprint density at radius 2 is 1.96 bits per heavy atom. The number of rotatable bonds is 3. The summed E-state index contributed by atoms with van der Waals surface area (Å²) in [6.07, 6.45) is 0. The fourth-order valence-electron chi connectivity index (χ4n) is 4.31. The highest BCUT2D eigenvalue weighted by atomic mass is 19.1. The molecule has 3 heteroatoms. The Bertz CT molecular complexity index is 685. The molecule has 0 bridgehead atoms. The predicted molar refractivity (Wildman–Crippen MR) is 90.6 cm³/mol. The summed E-state index contributed by atoms with van der Waals surface area (Å²) >= 11 is 0. The van der Waals surface area contributed by atoms with Crippen LogP contribution in [-0.2, 0) is 6.54 Å². The first kappa shape index (κ1) is 14.9. The van der Waals surface area contributed by atoms with Crippen molar-refractivity contribution in [1.29, 1.82) is 0 Å². The van der Waals surface area contributed by atoms with Gasteiger partial charge in [-0.05, 0) is 47.6 Å². The summed E-state index contributed by atoms with van der Waals surface area (Å²) in [6.45, 7) is 6.39. The Morgan fingerprint density at radius 1 is 1.13 bits per heavy atom. The molecule has 2 fully saturated rings. The highest BCUT2D eigenvalue weighted by Gasteiger charge is 2.43. The molecule has 0 radical (unpaired) electrons. The van der Waals surface area contributed by atoms with E-state index in [1.165, 1.54) is 11.1 Å². The molecule has 2 nitrogen and oxygen atoms in total. The molecule has 3 atom stereocenters. The Balaban J connectivity index is 1.49. The van der Waals surface area contributed by atoms with Gasteiger partial charge in [0.2, 0.25) is 0 Å². The van der Waals surface area contributed by atoms with E-state index in [1.807, 2.05) is 13.0 Å². The van der Waals surface area contributed by atoms with Gasteiger partial charge >= 0.3 is 0 Å².